The smallest absolute Gasteiger partial charge is 0.380 e. The molecule has 0 atom stereocenters. The summed E-state index contributed by atoms with van der Waals surface area (Å²) in [5, 5.41) is 6.63. The first-order valence-electron chi connectivity index (χ1n) is 11.9. The van der Waals surface area contributed by atoms with E-state index in [1.54, 1.807) is 30.5 Å². The van der Waals surface area contributed by atoms with Gasteiger partial charge in [0.05, 0.1) is 10.7 Å². The zero-order chi connectivity index (χ0) is 26.4. The monoisotopic (exact) mass is 530 g/mol. The first-order valence-corrected chi connectivity index (χ1v) is 12.3. The van der Waals surface area contributed by atoms with Crippen molar-refractivity contribution in [3.05, 3.63) is 93.8 Å². The van der Waals surface area contributed by atoms with Gasteiger partial charge >= 0.3 is 12.1 Å². The summed E-state index contributed by atoms with van der Waals surface area (Å²) in [7, 11) is 0. The Labute approximate surface area is 217 Å². The summed E-state index contributed by atoms with van der Waals surface area (Å²) in [5.41, 5.74) is 4.67. The van der Waals surface area contributed by atoms with Crippen molar-refractivity contribution in [2.24, 2.45) is 0 Å². The maximum absolute atomic E-state index is 12.9. The molecule has 1 aliphatic rings. The maximum atomic E-state index is 12.9. The number of nitrogens with one attached hydrogen (secondary N) is 2. The highest BCUT2D eigenvalue weighted by Crippen LogP contribution is 2.32. The van der Waals surface area contributed by atoms with E-state index in [0.717, 1.165) is 27.3 Å². The Morgan fingerprint density at radius 2 is 1.76 bits per heavy atom. The lowest BCUT2D eigenvalue weighted by molar-refractivity contribution is -0.185. The van der Waals surface area contributed by atoms with Crippen LogP contribution in [0.15, 0.2) is 60.8 Å². The van der Waals surface area contributed by atoms with Gasteiger partial charge in [-0.15, -0.1) is 0 Å². The van der Waals surface area contributed by atoms with Crippen LogP contribution in [0.2, 0.25) is 5.02 Å². The highest BCUT2D eigenvalue weighted by molar-refractivity contribution is 6.33. The van der Waals surface area contributed by atoms with Crippen LogP contribution in [0.3, 0.4) is 0 Å². The Bertz CT molecular complexity index is 1250. The molecule has 10 heteroatoms. The van der Waals surface area contributed by atoms with Crippen LogP contribution < -0.4 is 10.6 Å². The summed E-state index contributed by atoms with van der Waals surface area (Å²) in [5.74, 6) is -1.99. The van der Waals surface area contributed by atoms with Gasteiger partial charge in [0, 0.05) is 50.1 Å². The second-order valence-electron chi connectivity index (χ2n) is 8.73. The van der Waals surface area contributed by atoms with Gasteiger partial charge in [-0.25, -0.2) is 0 Å². The lowest BCUT2D eigenvalue weighted by Crippen LogP contribution is -2.42. The van der Waals surface area contributed by atoms with Crippen LogP contribution in [-0.2, 0) is 30.6 Å². The third-order valence-corrected chi connectivity index (χ3v) is 6.56. The maximum Gasteiger partial charge on any atom is 0.471 e. The quantitative estimate of drug-likeness (QED) is 0.460. The fourth-order valence-corrected chi connectivity index (χ4v) is 4.53. The second kappa shape index (κ2) is 11.6. The summed E-state index contributed by atoms with van der Waals surface area (Å²) >= 11 is 6.43. The number of benzene rings is 2. The van der Waals surface area contributed by atoms with Crippen molar-refractivity contribution < 1.29 is 22.8 Å². The van der Waals surface area contributed by atoms with Crippen molar-refractivity contribution >= 4 is 29.1 Å². The van der Waals surface area contributed by atoms with Crippen LogP contribution in [0.5, 0.6) is 0 Å². The predicted molar refractivity (Wildman–Crippen MR) is 136 cm³/mol. The van der Waals surface area contributed by atoms with E-state index in [9.17, 15) is 22.8 Å². The number of carbonyl (C=O) groups is 2. The number of halogens is 4. The summed E-state index contributed by atoms with van der Waals surface area (Å²) in [6.07, 6.45) is -1.96. The molecule has 0 spiro atoms. The number of rotatable bonds is 7. The van der Waals surface area contributed by atoms with E-state index >= 15 is 0 Å². The zero-order valence-electron chi connectivity index (χ0n) is 19.9. The predicted octanol–water partition coefficient (Wildman–Crippen LogP) is 4.81. The average molecular weight is 531 g/mol. The lowest BCUT2D eigenvalue weighted by Gasteiger charge is -2.21. The van der Waals surface area contributed by atoms with Gasteiger partial charge in [0.15, 0.2) is 0 Å². The molecule has 2 amide bonds. The second-order valence-corrected chi connectivity index (χ2v) is 9.13. The lowest BCUT2D eigenvalue weighted by atomic mass is 10.0. The van der Waals surface area contributed by atoms with Crippen molar-refractivity contribution in [3.63, 3.8) is 0 Å². The van der Waals surface area contributed by atoms with Crippen LogP contribution >= 0.6 is 11.6 Å². The number of hydrogen-bond acceptors (Lipinski definition) is 4. The molecular formula is C27H26ClF3N4O2. The van der Waals surface area contributed by atoms with E-state index in [2.05, 4.69) is 15.6 Å². The number of amides is 2. The van der Waals surface area contributed by atoms with Gasteiger partial charge < -0.3 is 15.5 Å². The highest BCUT2D eigenvalue weighted by atomic mass is 35.5. The van der Waals surface area contributed by atoms with Crippen LogP contribution in [0.1, 0.15) is 32.7 Å². The number of nitrogens with zero attached hydrogens (tertiary/aromatic N) is 2. The molecule has 1 aliphatic heterocycles. The molecule has 0 bridgehead atoms. The molecule has 2 aromatic carbocycles. The van der Waals surface area contributed by atoms with Gasteiger partial charge in [-0.3, -0.25) is 14.6 Å². The Morgan fingerprint density at radius 1 is 1.00 bits per heavy atom. The molecular weight excluding hydrogens is 505 g/mol. The van der Waals surface area contributed by atoms with Gasteiger partial charge in [-0.05, 0) is 59.9 Å². The molecule has 0 saturated heterocycles. The summed E-state index contributed by atoms with van der Waals surface area (Å²) in [6, 6.07) is 16.3. The van der Waals surface area contributed by atoms with Gasteiger partial charge in [-0.1, -0.05) is 35.9 Å². The third kappa shape index (κ3) is 6.80. The molecule has 194 valence electrons. The fourth-order valence-electron chi connectivity index (χ4n) is 4.29. The van der Waals surface area contributed by atoms with E-state index in [1.807, 2.05) is 30.3 Å². The Balaban J connectivity index is 1.35. The van der Waals surface area contributed by atoms with E-state index in [4.69, 9.17) is 11.6 Å². The number of alkyl halides is 3. The number of anilines is 1. The zero-order valence-corrected chi connectivity index (χ0v) is 20.7. The largest absolute Gasteiger partial charge is 0.471 e. The van der Waals surface area contributed by atoms with Gasteiger partial charge in [0.2, 0.25) is 0 Å². The molecule has 0 unspecified atom stereocenters. The molecule has 37 heavy (non-hydrogen) atoms. The number of hydrogen-bond donors (Lipinski definition) is 2. The normalized spacial score (nSPS) is 13.5. The van der Waals surface area contributed by atoms with Gasteiger partial charge in [-0.2, -0.15) is 13.2 Å². The van der Waals surface area contributed by atoms with Crippen LogP contribution in [0.4, 0.5) is 18.9 Å². The summed E-state index contributed by atoms with van der Waals surface area (Å²) in [6.45, 7) is 0.841. The van der Waals surface area contributed by atoms with E-state index in [-0.39, 0.29) is 25.4 Å². The van der Waals surface area contributed by atoms with Crippen LogP contribution in [0.25, 0.3) is 0 Å². The van der Waals surface area contributed by atoms with Crippen molar-refractivity contribution in [1.82, 2.24) is 15.2 Å². The molecule has 0 radical (unpaired) electrons. The molecule has 1 aromatic heterocycles. The fraction of sp³-hybridized carbons (Fsp3) is 0.296. The van der Waals surface area contributed by atoms with Crippen LogP contribution in [0, 0.1) is 0 Å². The standard InChI is InChI=1S/C27H26ClF3N4O2/c28-23-9-8-19-11-15-35(26(37)27(29,30)31)16-12-22(19)24(23)34-17-18-4-6-20(7-5-18)25(36)33-14-10-21-3-1-2-13-32-21/h1-9,13,34H,10-12,14-17H2,(H,33,36). The Hall–Kier alpha value is -3.59. The Morgan fingerprint density at radius 3 is 2.46 bits per heavy atom. The number of fused-ring (bicyclic) bond motifs is 1. The van der Waals surface area contributed by atoms with Crippen molar-refractivity contribution in [3.8, 4) is 0 Å². The van der Waals surface area contributed by atoms with Crippen molar-refractivity contribution in [2.75, 3.05) is 25.0 Å². The Kier molecular flexibility index (Phi) is 8.33. The third-order valence-electron chi connectivity index (χ3n) is 6.25. The van der Waals surface area contributed by atoms with Crippen molar-refractivity contribution in [2.45, 2.75) is 32.0 Å². The molecule has 2 N–H and O–H groups in total. The SMILES string of the molecule is O=C(NCCc1ccccn1)c1ccc(CNc2c(Cl)ccc3c2CCN(C(=O)C(F)(F)F)CC3)cc1. The number of pyridine rings is 1. The molecule has 4 rings (SSSR count). The van der Waals surface area contributed by atoms with Crippen LogP contribution in [-0.4, -0.2) is 47.5 Å². The molecule has 0 fully saturated rings. The first-order chi connectivity index (χ1) is 17.7. The minimum absolute atomic E-state index is 0.00218. The molecule has 0 saturated carbocycles. The number of carbonyl (C=O) groups excluding carboxylic acids is 2. The van der Waals surface area contributed by atoms with E-state index in [1.165, 1.54) is 0 Å². The van der Waals surface area contributed by atoms with Crippen molar-refractivity contribution in [1.29, 1.82) is 0 Å². The van der Waals surface area contributed by atoms with Gasteiger partial charge in [0.1, 0.15) is 0 Å². The van der Waals surface area contributed by atoms with E-state index in [0.29, 0.717) is 42.2 Å². The summed E-state index contributed by atoms with van der Waals surface area (Å²) < 4.78 is 38.7. The summed E-state index contributed by atoms with van der Waals surface area (Å²) in [4.78, 5) is 29.2. The molecule has 6 nitrogen and oxygen atoms in total. The minimum Gasteiger partial charge on any atom is -0.380 e. The van der Waals surface area contributed by atoms with Gasteiger partial charge in [0.25, 0.3) is 5.91 Å². The molecule has 2 heterocycles. The average Bonchev–Trinajstić information content (AvgIpc) is 3.11. The van der Waals surface area contributed by atoms with E-state index < -0.39 is 12.1 Å². The highest BCUT2D eigenvalue weighted by Gasteiger charge is 2.42. The molecule has 3 aromatic rings. The first kappa shape index (κ1) is 26.5. The molecule has 0 aliphatic carbocycles. The minimum atomic E-state index is -4.89. The number of aromatic nitrogens is 1. The topological polar surface area (TPSA) is 74.3 Å².